The molecule has 0 aliphatic carbocycles. The third-order valence-electron chi connectivity index (χ3n) is 3.65. The molecule has 0 unspecified atom stereocenters. The molecule has 1 aliphatic heterocycles. The topological polar surface area (TPSA) is 37.4 Å². The second kappa shape index (κ2) is 5.01. The molecule has 0 radical (unpaired) electrons. The number of rotatable bonds is 2. The maximum absolute atomic E-state index is 12.3. The monoisotopic (exact) mass is 299 g/mol. The van der Waals surface area contributed by atoms with Gasteiger partial charge in [-0.1, -0.05) is 29.8 Å². The van der Waals surface area contributed by atoms with Gasteiger partial charge in [-0.05, 0) is 48.7 Å². The van der Waals surface area contributed by atoms with E-state index in [9.17, 15) is 9.59 Å². The smallest absolute Gasteiger partial charge is 0.299 e. The van der Waals surface area contributed by atoms with Crippen LogP contribution in [-0.4, -0.2) is 11.7 Å². The van der Waals surface area contributed by atoms with Crippen LogP contribution in [0.4, 0.5) is 5.69 Å². The first kappa shape index (κ1) is 13.8. The lowest BCUT2D eigenvalue weighted by Crippen LogP contribution is -2.29. The van der Waals surface area contributed by atoms with E-state index in [0.717, 1.165) is 16.7 Å². The Morgan fingerprint density at radius 2 is 1.86 bits per heavy atom. The summed E-state index contributed by atoms with van der Waals surface area (Å²) in [6, 6.07) is 11.1. The maximum Gasteiger partial charge on any atom is 0.299 e. The molecular weight excluding hydrogens is 286 g/mol. The van der Waals surface area contributed by atoms with Gasteiger partial charge in [-0.3, -0.25) is 9.59 Å². The molecule has 106 valence electrons. The molecule has 0 N–H and O–H groups in total. The van der Waals surface area contributed by atoms with Gasteiger partial charge in [0, 0.05) is 5.02 Å². The normalized spacial score (nSPS) is 13.8. The molecule has 21 heavy (non-hydrogen) atoms. The number of carbonyl (C=O) groups excluding carboxylic acids is 2. The van der Waals surface area contributed by atoms with Gasteiger partial charge in [-0.15, -0.1) is 0 Å². The van der Waals surface area contributed by atoms with Crippen molar-refractivity contribution in [2.75, 3.05) is 4.90 Å². The third kappa shape index (κ3) is 2.34. The van der Waals surface area contributed by atoms with Crippen LogP contribution in [0.1, 0.15) is 27.0 Å². The summed E-state index contributed by atoms with van der Waals surface area (Å²) in [4.78, 5) is 26.0. The van der Waals surface area contributed by atoms with E-state index in [2.05, 4.69) is 0 Å². The van der Waals surface area contributed by atoms with Crippen LogP contribution < -0.4 is 4.90 Å². The van der Waals surface area contributed by atoms with E-state index in [-0.39, 0.29) is 0 Å². The summed E-state index contributed by atoms with van der Waals surface area (Å²) >= 11 is 5.98. The van der Waals surface area contributed by atoms with Crippen molar-refractivity contribution in [1.82, 2.24) is 0 Å². The second-order valence-corrected chi connectivity index (χ2v) is 5.76. The first-order chi connectivity index (χ1) is 9.97. The highest BCUT2D eigenvalue weighted by Crippen LogP contribution is 2.33. The molecule has 2 aromatic carbocycles. The first-order valence-electron chi connectivity index (χ1n) is 6.69. The van der Waals surface area contributed by atoms with Crippen LogP contribution in [0.3, 0.4) is 0 Å². The Balaban J connectivity index is 2.05. The number of nitrogens with zero attached hydrogens (tertiary/aromatic N) is 1. The Bertz CT molecular complexity index is 767. The molecule has 1 heterocycles. The van der Waals surface area contributed by atoms with E-state index in [1.165, 1.54) is 4.90 Å². The van der Waals surface area contributed by atoms with Gasteiger partial charge in [0.25, 0.3) is 11.7 Å². The number of anilines is 1. The van der Waals surface area contributed by atoms with Crippen LogP contribution >= 0.6 is 11.6 Å². The molecule has 0 atom stereocenters. The van der Waals surface area contributed by atoms with Crippen molar-refractivity contribution in [1.29, 1.82) is 0 Å². The van der Waals surface area contributed by atoms with Gasteiger partial charge in [0.05, 0.1) is 17.8 Å². The number of carbonyl (C=O) groups is 2. The fraction of sp³-hybridized carbons (Fsp3) is 0.176. The average Bonchev–Trinajstić information content (AvgIpc) is 2.64. The lowest BCUT2D eigenvalue weighted by molar-refractivity contribution is -0.114. The predicted octanol–water partition coefficient (Wildman–Crippen LogP) is 3.69. The van der Waals surface area contributed by atoms with Crippen LogP contribution in [0.25, 0.3) is 0 Å². The Kier molecular flexibility index (Phi) is 3.30. The number of fused-ring (bicyclic) bond motifs is 1. The van der Waals surface area contributed by atoms with Gasteiger partial charge >= 0.3 is 0 Å². The van der Waals surface area contributed by atoms with Crippen molar-refractivity contribution >= 4 is 29.0 Å². The molecule has 0 bridgehead atoms. The van der Waals surface area contributed by atoms with Crippen LogP contribution in [0.2, 0.25) is 5.02 Å². The highest BCUT2D eigenvalue weighted by atomic mass is 35.5. The van der Waals surface area contributed by atoms with Crippen molar-refractivity contribution in [2.24, 2.45) is 0 Å². The summed E-state index contributed by atoms with van der Waals surface area (Å²) in [5, 5.41) is 0.617. The van der Waals surface area contributed by atoms with Crippen LogP contribution in [0, 0.1) is 13.8 Å². The highest BCUT2D eigenvalue weighted by molar-refractivity contribution is 6.52. The van der Waals surface area contributed by atoms with Gasteiger partial charge in [0.2, 0.25) is 0 Å². The van der Waals surface area contributed by atoms with Crippen molar-refractivity contribution in [3.8, 4) is 0 Å². The van der Waals surface area contributed by atoms with Crippen molar-refractivity contribution < 1.29 is 9.59 Å². The standard InChI is InChI=1S/C17H14ClNO2/c1-10-6-11(2)15-14(7-10)19(17(21)16(15)20)9-12-4-3-5-13(18)8-12/h3-8H,9H2,1-2H3. The summed E-state index contributed by atoms with van der Waals surface area (Å²) in [6.07, 6.45) is 0. The number of aryl methyl sites for hydroxylation is 2. The van der Waals surface area contributed by atoms with Gasteiger partial charge < -0.3 is 4.90 Å². The molecule has 0 fully saturated rings. The SMILES string of the molecule is Cc1cc(C)c2c(c1)N(Cc1cccc(Cl)c1)C(=O)C2=O. The zero-order chi connectivity index (χ0) is 15.1. The molecule has 2 aromatic rings. The summed E-state index contributed by atoms with van der Waals surface area (Å²) in [7, 11) is 0. The van der Waals surface area contributed by atoms with Gasteiger partial charge in [0.15, 0.2) is 0 Å². The predicted molar refractivity (Wildman–Crippen MR) is 82.9 cm³/mol. The lowest BCUT2D eigenvalue weighted by atomic mass is 10.0. The van der Waals surface area contributed by atoms with E-state index in [1.807, 2.05) is 38.1 Å². The third-order valence-corrected chi connectivity index (χ3v) is 3.88. The molecule has 0 saturated carbocycles. The Hall–Kier alpha value is -2.13. The summed E-state index contributed by atoms with van der Waals surface area (Å²) in [5.41, 5.74) is 3.99. The number of hydrogen-bond donors (Lipinski definition) is 0. The minimum atomic E-state index is -0.473. The number of amides is 1. The summed E-state index contributed by atoms with van der Waals surface area (Å²) in [5.74, 6) is -0.900. The number of hydrogen-bond acceptors (Lipinski definition) is 2. The van der Waals surface area contributed by atoms with E-state index < -0.39 is 11.7 Å². The average molecular weight is 300 g/mol. The number of Topliss-reactive ketones (excluding diaryl/α,β-unsaturated/α-hetero) is 1. The summed E-state index contributed by atoms with van der Waals surface area (Å²) in [6.45, 7) is 4.17. The number of ketones is 1. The molecular formula is C17H14ClNO2. The largest absolute Gasteiger partial charge is 0.300 e. The van der Waals surface area contributed by atoms with Crippen LogP contribution in [0.5, 0.6) is 0 Å². The fourth-order valence-corrected chi connectivity index (χ4v) is 2.98. The first-order valence-corrected chi connectivity index (χ1v) is 7.07. The molecule has 3 nitrogen and oxygen atoms in total. The van der Waals surface area contributed by atoms with E-state index >= 15 is 0 Å². The minimum Gasteiger partial charge on any atom is -0.300 e. The maximum atomic E-state index is 12.3. The molecule has 4 heteroatoms. The number of halogens is 1. The molecule has 0 saturated heterocycles. The van der Waals surface area contributed by atoms with Crippen molar-refractivity contribution in [2.45, 2.75) is 20.4 Å². The molecule has 0 spiro atoms. The van der Waals surface area contributed by atoms with Crippen LogP contribution in [0.15, 0.2) is 36.4 Å². The van der Waals surface area contributed by atoms with Crippen LogP contribution in [-0.2, 0) is 11.3 Å². The van der Waals surface area contributed by atoms with Gasteiger partial charge in [-0.2, -0.15) is 0 Å². The Morgan fingerprint density at radius 3 is 2.57 bits per heavy atom. The molecule has 1 aliphatic rings. The molecule has 0 aromatic heterocycles. The quantitative estimate of drug-likeness (QED) is 0.793. The van der Waals surface area contributed by atoms with Gasteiger partial charge in [-0.25, -0.2) is 0 Å². The van der Waals surface area contributed by atoms with E-state index in [1.54, 1.807) is 12.1 Å². The molecule has 1 amide bonds. The summed E-state index contributed by atoms with van der Waals surface area (Å²) < 4.78 is 0. The lowest BCUT2D eigenvalue weighted by Gasteiger charge is -2.17. The number of benzene rings is 2. The molecule has 3 rings (SSSR count). The zero-order valence-electron chi connectivity index (χ0n) is 11.8. The van der Waals surface area contributed by atoms with Gasteiger partial charge in [0.1, 0.15) is 0 Å². The Morgan fingerprint density at radius 1 is 1.10 bits per heavy atom. The van der Waals surface area contributed by atoms with Crippen molar-refractivity contribution in [3.63, 3.8) is 0 Å². The minimum absolute atomic E-state index is 0.348. The zero-order valence-corrected chi connectivity index (χ0v) is 12.6. The Labute approximate surface area is 128 Å². The highest BCUT2D eigenvalue weighted by Gasteiger charge is 2.37. The van der Waals surface area contributed by atoms with E-state index in [0.29, 0.717) is 22.8 Å². The van der Waals surface area contributed by atoms with Crippen molar-refractivity contribution in [3.05, 3.63) is 63.7 Å². The van der Waals surface area contributed by atoms with E-state index in [4.69, 9.17) is 11.6 Å². The second-order valence-electron chi connectivity index (χ2n) is 5.33. The fourth-order valence-electron chi connectivity index (χ4n) is 2.77.